The van der Waals surface area contributed by atoms with E-state index in [9.17, 15) is 4.79 Å². The van der Waals surface area contributed by atoms with Crippen LogP contribution in [-0.4, -0.2) is 17.6 Å². The van der Waals surface area contributed by atoms with Gasteiger partial charge in [-0.1, -0.05) is 28.1 Å². The molecule has 0 fully saturated rings. The van der Waals surface area contributed by atoms with Crippen LogP contribution in [0.15, 0.2) is 45.5 Å². The van der Waals surface area contributed by atoms with Crippen LogP contribution in [0.25, 0.3) is 0 Å². The molecule has 2 N–H and O–H groups in total. The van der Waals surface area contributed by atoms with E-state index in [-0.39, 0.29) is 5.76 Å². The zero-order valence-electron chi connectivity index (χ0n) is 10.2. The molecule has 0 aliphatic rings. The first-order valence-corrected chi connectivity index (χ1v) is 6.71. The van der Waals surface area contributed by atoms with E-state index in [0.29, 0.717) is 12.1 Å². The molecule has 0 bridgehead atoms. The molecule has 1 aromatic carbocycles. The fourth-order valence-corrected chi connectivity index (χ4v) is 2.26. The molecule has 0 aliphatic heterocycles. The van der Waals surface area contributed by atoms with Crippen LogP contribution in [0.1, 0.15) is 21.7 Å². The third-order valence-corrected chi connectivity index (χ3v) is 3.23. The molecule has 1 aromatic heterocycles. The minimum Gasteiger partial charge on any atom is -0.475 e. The fraction of sp³-hybridized carbons (Fsp3) is 0.214. The molecule has 0 unspecified atom stereocenters. The molecule has 4 nitrogen and oxygen atoms in total. The molecule has 0 radical (unpaired) electrons. The number of furan rings is 1. The summed E-state index contributed by atoms with van der Waals surface area (Å²) in [4.78, 5) is 10.8. The van der Waals surface area contributed by atoms with Gasteiger partial charge in [-0.3, -0.25) is 0 Å². The summed E-state index contributed by atoms with van der Waals surface area (Å²) in [6.07, 6.45) is 2.29. The van der Waals surface area contributed by atoms with Crippen molar-refractivity contribution in [3.63, 3.8) is 0 Å². The van der Waals surface area contributed by atoms with Crippen molar-refractivity contribution in [2.24, 2.45) is 0 Å². The van der Waals surface area contributed by atoms with E-state index < -0.39 is 5.97 Å². The molecule has 2 aromatic rings. The van der Waals surface area contributed by atoms with Crippen molar-refractivity contribution in [2.75, 3.05) is 6.54 Å². The second kappa shape index (κ2) is 6.54. The van der Waals surface area contributed by atoms with Crippen molar-refractivity contribution < 1.29 is 14.3 Å². The first kappa shape index (κ1) is 13.8. The first-order chi connectivity index (χ1) is 9.16. The van der Waals surface area contributed by atoms with Crippen LogP contribution in [0.4, 0.5) is 0 Å². The Bertz CT molecular complexity index is 565. The lowest BCUT2D eigenvalue weighted by Gasteiger charge is -2.04. The molecule has 0 aliphatic carbocycles. The zero-order chi connectivity index (χ0) is 13.7. The Labute approximate surface area is 119 Å². The van der Waals surface area contributed by atoms with Crippen LogP contribution in [0.5, 0.6) is 0 Å². The quantitative estimate of drug-likeness (QED) is 0.802. The number of carbonyl (C=O) groups is 1. The number of carboxylic acids is 1. The van der Waals surface area contributed by atoms with Gasteiger partial charge < -0.3 is 14.8 Å². The summed E-state index contributed by atoms with van der Waals surface area (Å²) in [6, 6.07) is 9.80. The Morgan fingerprint density at radius 1 is 1.37 bits per heavy atom. The molecule has 0 saturated carbocycles. The maximum absolute atomic E-state index is 10.8. The molecule has 100 valence electrons. The number of halogens is 1. The molecular formula is C14H14BrNO3. The van der Waals surface area contributed by atoms with Crippen LogP contribution in [0, 0.1) is 0 Å². The van der Waals surface area contributed by atoms with E-state index in [0.717, 1.165) is 17.4 Å². The molecule has 0 amide bonds. The summed E-state index contributed by atoms with van der Waals surface area (Å²) in [5, 5.41) is 12.1. The molecular weight excluding hydrogens is 310 g/mol. The Hall–Kier alpha value is -1.59. The predicted molar refractivity (Wildman–Crippen MR) is 75.2 cm³/mol. The highest BCUT2D eigenvalue weighted by atomic mass is 79.9. The summed E-state index contributed by atoms with van der Waals surface area (Å²) in [5.74, 6) is -1.02. The first-order valence-electron chi connectivity index (χ1n) is 5.91. The van der Waals surface area contributed by atoms with Crippen molar-refractivity contribution in [2.45, 2.75) is 13.0 Å². The van der Waals surface area contributed by atoms with E-state index in [1.54, 1.807) is 6.07 Å². The number of hydrogen-bond donors (Lipinski definition) is 2. The SMILES string of the molecule is O=C(O)c1occc1CNCCc1cccc(Br)c1. The van der Waals surface area contributed by atoms with Gasteiger partial charge in [-0.2, -0.15) is 0 Å². The van der Waals surface area contributed by atoms with Crippen molar-refractivity contribution in [1.82, 2.24) is 5.32 Å². The Morgan fingerprint density at radius 3 is 2.95 bits per heavy atom. The summed E-state index contributed by atoms with van der Waals surface area (Å²) in [5.41, 5.74) is 1.90. The minimum atomic E-state index is -1.03. The van der Waals surface area contributed by atoms with E-state index in [1.165, 1.54) is 11.8 Å². The van der Waals surface area contributed by atoms with E-state index in [2.05, 4.69) is 33.4 Å². The molecule has 5 heteroatoms. The number of benzene rings is 1. The predicted octanol–water partition coefficient (Wildman–Crippen LogP) is 3.07. The Balaban J connectivity index is 1.81. The molecule has 0 spiro atoms. The van der Waals surface area contributed by atoms with Crippen LogP contribution in [0.3, 0.4) is 0 Å². The zero-order valence-corrected chi connectivity index (χ0v) is 11.8. The highest BCUT2D eigenvalue weighted by molar-refractivity contribution is 9.10. The monoisotopic (exact) mass is 323 g/mol. The Morgan fingerprint density at radius 2 is 2.21 bits per heavy atom. The highest BCUT2D eigenvalue weighted by Gasteiger charge is 2.12. The van der Waals surface area contributed by atoms with E-state index in [1.807, 2.05) is 12.1 Å². The third kappa shape index (κ3) is 3.94. The van der Waals surface area contributed by atoms with Gasteiger partial charge in [-0.25, -0.2) is 4.79 Å². The lowest BCUT2D eigenvalue weighted by atomic mass is 10.1. The summed E-state index contributed by atoms with van der Waals surface area (Å²) < 4.78 is 5.97. The molecule has 0 atom stereocenters. The normalized spacial score (nSPS) is 10.6. The second-order valence-electron chi connectivity index (χ2n) is 4.14. The summed E-state index contributed by atoms with van der Waals surface area (Å²) in [7, 11) is 0. The van der Waals surface area contributed by atoms with Gasteiger partial charge in [-0.05, 0) is 36.7 Å². The lowest BCUT2D eigenvalue weighted by Crippen LogP contribution is -2.17. The lowest BCUT2D eigenvalue weighted by molar-refractivity contribution is 0.0660. The van der Waals surface area contributed by atoms with Gasteiger partial charge in [0, 0.05) is 16.6 Å². The van der Waals surface area contributed by atoms with Gasteiger partial charge in [-0.15, -0.1) is 0 Å². The van der Waals surface area contributed by atoms with Crippen molar-refractivity contribution in [3.8, 4) is 0 Å². The number of rotatable bonds is 6. The molecule has 1 heterocycles. The van der Waals surface area contributed by atoms with Gasteiger partial charge in [0.2, 0.25) is 5.76 Å². The fourth-order valence-electron chi connectivity index (χ4n) is 1.81. The van der Waals surface area contributed by atoms with Gasteiger partial charge in [0.1, 0.15) is 0 Å². The van der Waals surface area contributed by atoms with Crippen molar-refractivity contribution in [3.05, 3.63) is 58.0 Å². The number of carboxylic acid groups (broad SMARTS) is 1. The number of hydrogen-bond acceptors (Lipinski definition) is 3. The number of aromatic carboxylic acids is 1. The largest absolute Gasteiger partial charge is 0.475 e. The summed E-state index contributed by atoms with van der Waals surface area (Å²) in [6.45, 7) is 1.27. The minimum absolute atomic E-state index is 0.00922. The van der Waals surface area contributed by atoms with Gasteiger partial charge in [0.05, 0.1) is 6.26 Å². The van der Waals surface area contributed by atoms with E-state index in [4.69, 9.17) is 9.52 Å². The number of nitrogens with one attached hydrogen (secondary N) is 1. The molecule has 19 heavy (non-hydrogen) atoms. The topological polar surface area (TPSA) is 62.5 Å². The summed E-state index contributed by atoms with van der Waals surface area (Å²) >= 11 is 3.43. The van der Waals surface area contributed by atoms with Crippen LogP contribution in [-0.2, 0) is 13.0 Å². The van der Waals surface area contributed by atoms with Gasteiger partial charge in [0.25, 0.3) is 0 Å². The second-order valence-corrected chi connectivity index (χ2v) is 5.05. The average molecular weight is 324 g/mol. The third-order valence-electron chi connectivity index (χ3n) is 2.74. The van der Waals surface area contributed by atoms with Crippen LogP contribution < -0.4 is 5.32 Å². The van der Waals surface area contributed by atoms with E-state index >= 15 is 0 Å². The maximum Gasteiger partial charge on any atom is 0.372 e. The smallest absolute Gasteiger partial charge is 0.372 e. The average Bonchev–Trinajstić information content (AvgIpc) is 2.83. The maximum atomic E-state index is 10.8. The van der Waals surface area contributed by atoms with Crippen LogP contribution in [0.2, 0.25) is 0 Å². The highest BCUT2D eigenvalue weighted by Crippen LogP contribution is 2.12. The van der Waals surface area contributed by atoms with Gasteiger partial charge in [0.15, 0.2) is 0 Å². The standard InChI is InChI=1S/C14H14BrNO3/c15-12-3-1-2-10(8-12)4-6-16-9-11-5-7-19-13(11)14(17)18/h1-3,5,7-8,16H,4,6,9H2,(H,17,18). The molecule has 2 rings (SSSR count). The van der Waals surface area contributed by atoms with Crippen molar-refractivity contribution in [1.29, 1.82) is 0 Å². The molecule has 0 saturated heterocycles. The Kier molecular flexibility index (Phi) is 4.76. The van der Waals surface area contributed by atoms with Gasteiger partial charge >= 0.3 is 5.97 Å². The van der Waals surface area contributed by atoms with Crippen molar-refractivity contribution >= 4 is 21.9 Å². The van der Waals surface area contributed by atoms with Crippen LogP contribution >= 0.6 is 15.9 Å².